The van der Waals surface area contributed by atoms with Crippen LogP contribution in [0.25, 0.3) is 10.2 Å². The second-order valence-corrected chi connectivity index (χ2v) is 7.74. The summed E-state index contributed by atoms with van der Waals surface area (Å²) < 4.78 is 6.51. The van der Waals surface area contributed by atoms with Gasteiger partial charge in [0.15, 0.2) is 5.13 Å². The van der Waals surface area contributed by atoms with E-state index in [1.807, 2.05) is 25.1 Å². The minimum absolute atomic E-state index is 0.0105. The van der Waals surface area contributed by atoms with Gasteiger partial charge in [-0.05, 0) is 44.2 Å². The van der Waals surface area contributed by atoms with Crippen LogP contribution in [0.2, 0.25) is 0 Å². The van der Waals surface area contributed by atoms with Crippen molar-refractivity contribution in [2.45, 2.75) is 25.2 Å². The average Bonchev–Trinajstić information content (AvgIpc) is 2.98. The first-order valence-corrected chi connectivity index (χ1v) is 9.97. The van der Waals surface area contributed by atoms with Gasteiger partial charge in [-0.2, -0.15) is 0 Å². The highest BCUT2D eigenvalue weighted by Gasteiger charge is 2.09. The molecule has 1 amide bonds. The van der Waals surface area contributed by atoms with E-state index in [1.165, 1.54) is 21.8 Å². The van der Waals surface area contributed by atoms with Gasteiger partial charge in [-0.25, -0.2) is 4.98 Å². The van der Waals surface area contributed by atoms with Crippen molar-refractivity contribution in [1.29, 1.82) is 0 Å². The fourth-order valence-corrected chi connectivity index (χ4v) is 4.05. The molecule has 0 fully saturated rings. The maximum atomic E-state index is 12.1. The molecule has 0 saturated heterocycles. The fourth-order valence-electron chi connectivity index (χ4n) is 2.29. The third-order valence-electron chi connectivity index (χ3n) is 3.54. The summed E-state index contributed by atoms with van der Waals surface area (Å²) >= 11 is 3.15. The van der Waals surface area contributed by atoms with Crippen LogP contribution in [0.4, 0.5) is 5.13 Å². The molecule has 0 aliphatic rings. The number of nitrogens with one attached hydrogen (secondary N) is 1. The number of thioether (sulfide) groups is 1. The molecule has 0 atom stereocenters. The third kappa shape index (κ3) is 4.96. The minimum atomic E-state index is -0.0105. The summed E-state index contributed by atoms with van der Waals surface area (Å²) in [5.41, 5.74) is 2.11. The Morgan fingerprint density at radius 1 is 1.24 bits per heavy atom. The van der Waals surface area contributed by atoms with Gasteiger partial charge >= 0.3 is 0 Å². The van der Waals surface area contributed by atoms with E-state index in [4.69, 9.17) is 4.74 Å². The Balaban J connectivity index is 1.53. The number of ether oxygens (including phenoxy) is 1. The normalized spacial score (nSPS) is 10.8. The molecule has 1 heterocycles. The molecular weight excluding hydrogens is 352 g/mol. The van der Waals surface area contributed by atoms with E-state index in [1.54, 1.807) is 11.8 Å². The first-order valence-electron chi connectivity index (χ1n) is 8.17. The van der Waals surface area contributed by atoms with E-state index in [0.29, 0.717) is 18.2 Å². The maximum absolute atomic E-state index is 12.1. The van der Waals surface area contributed by atoms with Crippen LogP contribution in [0.15, 0.2) is 47.4 Å². The number of benzene rings is 2. The zero-order chi connectivity index (χ0) is 17.6. The van der Waals surface area contributed by atoms with E-state index >= 15 is 0 Å². The Morgan fingerprint density at radius 2 is 2.04 bits per heavy atom. The molecule has 4 nitrogen and oxygen atoms in total. The number of carbonyl (C=O) groups excluding carboxylic acids is 1. The number of anilines is 1. The summed E-state index contributed by atoms with van der Waals surface area (Å²) in [7, 11) is 0. The fraction of sp³-hybridized carbons (Fsp3) is 0.263. The minimum Gasteiger partial charge on any atom is -0.494 e. The second-order valence-electron chi connectivity index (χ2n) is 5.54. The van der Waals surface area contributed by atoms with Crippen LogP contribution >= 0.6 is 23.1 Å². The number of aryl methyl sites for hydroxylation is 1. The molecule has 1 N–H and O–H groups in total. The van der Waals surface area contributed by atoms with Gasteiger partial charge in [-0.1, -0.05) is 29.0 Å². The van der Waals surface area contributed by atoms with Gasteiger partial charge in [0.05, 0.1) is 16.8 Å². The van der Waals surface area contributed by atoms with Crippen molar-refractivity contribution in [3.8, 4) is 5.75 Å². The lowest BCUT2D eigenvalue weighted by atomic mass is 10.2. The van der Waals surface area contributed by atoms with E-state index in [0.717, 1.165) is 21.7 Å². The SMILES string of the molecule is CCOc1ccc2nc(NC(=O)CCSc3ccc(C)cc3)sc2c1. The Hall–Kier alpha value is -2.05. The summed E-state index contributed by atoms with van der Waals surface area (Å²) in [6.45, 7) is 4.65. The molecule has 0 radical (unpaired) electrons. The number of nitrogens with zero attached hydrogens (tertiary/aromatic N) is 1. The molecule has 6 heteroatoms. The molecule has 3 rings (SSSR count). The van der Waals surface area contributed by atoms with Gasteiger partial charge in [0.25, 0.3) is 0 Å². The van der Waals surface area contributed by atoms with Crippen molar-refractivity contribution in [2.75, 3.05) is 17.7 Å². The average molecular weight is 373 g/mol. The largest absolute Gasteiger partial charge is 0.494 e. The molecule has 0 unspecified atom stereocenters. The van der Waals surface area contributed by atoms with Gasteiger partial charge in [0.1, 0.15) is 5.75 Å². The first kappa shape index (κ1) is 17.8. The number of hydrogen-bond donors (Lipinski definition) is 1. The monoisotopic (exact) mass is 372 g/mol. The summed E-state index contributed by atoms with van der Waals surface area (Å²) in [4.78, 5) is 17.8. The first-order chi connectivity index (χ1) is 12.1. The van der Waals surface area contributed by atoms with Crippen LogP contribution in [0.5, 0.6) is 5.75 Å². The smallest absolute Gasteiger partial charge is 0.226 e. The molecule has 0 spiro atoms. The van der Waals surface area contributed by atoms with Crippen LogP contribution in [0.3, 0.4) is 0 Å². The number of rotatable bonds is 7. The summed E-state index contributed by atoms with van der Waals surface area (Å²) in [6.07, 6.45) is 0.457. The maximum Gasteiger partial charge on any atom is 0.226 e. The van der Waals surface area contributed by atoms with Crippen LogP contribution in [0.1, 0.15) is 18.9 Å². The Morgan fingerprint density at radius 3 is 2.80 bits per heavy atom. The molecule has 0 bridgehead atoms. The van der Waals surface area contributed by atoms with Crippen LogP contribution in [0, 0.1) is 6.92 Å². The second kappa shape index (κ2) is 8.36. The standard InChI is InChI=1S/C19H20N2O2S2/c1-3-23-14-6-9-16-17(12-14)25-19(20-16)21-18(22)10-11-24-15-7-4-13(2)5-8-15/h4-9,12H,3,10-11H2,1-2H3,(H,20,21,22). The van der Waals surface area contributed by atoms with Crippen molar-refractivity contribution in [3.05, 3.63) is 48.0 Å². The van der Waals surface area contributed by atoms with Gasteiger partial charge in [0, 0.05) is 17.1 Å². The topological polar surface area (TPSA) is 51.2 Å². The number of fused-ring (bicyclic) bond motifs is 1. The van der Waals surface area contributed by atoms with E-state index < -0.39 is 0 Å². The Kier molecular flexibility index (Phi) is 5.94. The lowest BCUT2D eigenvalue weighted by Crippen LogP contribution is -2.11. The molecule has 0 saturated carbocycles. The van der Waals surface area contributed by atoms with E-state index in [-0.39, 0.29) is 5.91 Å². The van der Waals surface area contributed by atoms with Gasteiger partial charge in [0.2, 0.25) is 5.91 Å². The van der Waals surface area contributed by atoms with Crippen molar-refractivity contribution in [1.82, 2.24) is 4.98 Å². The Labute approximate surface area is 155 Å². The molecule has 3 aromatic rings. The lowest BCUT2D eigenvalue weighted by Gasteiger charge is -2.02. The predicted molar refractivity (Wildman–Crippen MR) is 106 cm³/mol. The quantitative estimate of drug-likeness (QED) is 0.585. The van der Waals surface area contributed by atoms with Gasteiger partial charge < -0.3 is 10.1 Å². The van der Waals surface area contributed by atoms with Crippen LogP contribution in [-0.2, 0) is 4.79 Å². The zero-order valence-corrected chi connectivity index (χ0v) is 15.9. The number of thiazole rings is 1. The summed E-state index contributed by atoms with van der Waals surface area (Å²) in [6, 6.07) is 14.1. The molecule has 0 aliphatic carbocycles. The highest BCUT2D eigenvalue weighted by atomic mass is 32.2. The van der Waals surface area contributed by atoms with Crippen LogP contribution < -0.4 is 10.1 Å². The molecule has 1 aromatic heterocycles. The van der Waals surface area contributed by atoms with E-state index in [9.17, 15) is 4.79 Å². The summed E-state index contributed by atoms with van der Waals surface area (Å²) in [5, 5.41) is 3.53. The van der Waals surface area contributed by atoms with Crippen molar-refractivity contribution in [3.63, 3.8) is 0 Å². The van der Waals surface area contributed by atoms with Crippen molar-refractivity contribution in [2.24, 2.45) is 0 Å². The Bertz CT molecular complexity index is 859. The molecular formula is C19H20N2O2S2. The van der Waals surface area contributed by atoms with Gasteiger partial charge in [-0.15, -0.1) is 11.8 Å². The highest BCUT2D eigenvalue weighted by molar-refractivity contribution is 7.99. The third-order valence-corrected chi connectivity index (χ3v) is 5.48. The predicted octanol–water partition coefficient (Wildman–Crippen LogP) is 5.12. The number of carbonyl (C=O) groups is 1. The zero-order valence-electron chi connectivity index (χ0n) is 14.2. The van der Waals surface area contributed by atoms with Gasteiger partial charge in [-0.3, -0.25) is 4.79 Å². The number of amides is 1. The molecule has 130 valence electrons. The van der Waals surface area contributed by atoms with Crippen molar-refractivity contribution >= 4 is 44.4 Å². The van der Waals surface area contributed by atoms with Crippen molar-refractivity contribution < 1.29 is 9.53 Å². The molecule has 2 aromatic carbocycles. The highest BCUT2D eigenvalue weighted by Crippen LogP contribution is 2.29. The molecule has 25 heavy (non-hydrogen) atoms. The summed E-state index contributed by atoms with van der Waals surface area (Å²) in [5.74, 6) is 1.56. The van der Waals surface area contributed by atoms with Crippen LogP contribution in [-0.4, -0.2) is 23.3 Å². The van der Waals surface area contributed by atoms with E-state index in [2.05, 4.69) is 41.5 Å². The lowest BCUT2D eigenvalue weighted by molar-refractivity contribution is -0.115. The molecule has 0 aliphatic heterocycles. The number of hydrogen-bond acceptors (Lipinski definition) is 5. The number of aromatic nitrogens is 1.